The summed E-state index contributed by atoms with van der Waals surface area (Å²) in [4.78, 5) is 4.48. The molecule has 2 nitrogen and oxygen atoms in total. The topological polar surface area (TPSA) is 24.9 Å². The van der Waals surface area contributed by atoms with Crippen LogP contribution in [0.4, 0.5) is 0 Å². The van der Waals surface area contributed by atoms with E-state index in [0.717, 1.165) is 0 Å². The van der Waals surface area contributed by atoms with Gasteiger partial charge in [0.15, 0.2) is 0 Å². The Bertz CT molecular complexity index is 612. The van der Waals surface area contributed by atoms with Gasteiger partial charge in [0.1, 0.15) is 0 Å². The van der Waals surface area contributed by atoms with Gasteiger partial charge >= 0.3 is 0 Å². The molecular weight excluding hydrogens is 256 g/mol. The maximum Gasteiger partial charge on any atom is 0.0372 e. The second-order valence-corrected chi connectivity index (χ2v) is 7.06. The Morgan fingerprint density at radius 2 is 2.00 bits per heavy atom. The number of nitrogens with zero attached hydrogens (tertiary/aromatic N) is 1. The lowest BCUT2D eigenvalue weighted by molar-refractivity contribution is 0.102. The maximum atomic E-state index is 4.48. The molecule has 1 N–H and O–H groups in total. The summed E-state index contributed by atoms with van der Waals surface area (Å²) in [5.41, 5.74) is 1.75. The van der Waals surface area contributed by atoms with Gasteiger partial charge in [-0.1, -0.05) is 51.0 Å². The van der Waals surface area contributed by atoms with E-state index < -0.39 is 0 Å². The molecule has 1 saturated carbocycles. The van der Waals surface area contributed by atoms with Crippen LogP contribution in [0.25, 0.3) is 10.8 Å². The van der Waals surface area contributed by atoms with Gasteiger partial charge in [-0.05, 0) is 42.2 Å². The van der Waals surface area contributed by atoms with Gasteiger partial charge in [0.2, 0.25) is 0 Å². The van der Waals surface area contributed by atoms with E-state index in [4.69, 9.17) is 0 Å². The molecule has 1 aliphatic rings. The fourth-order valence-electron chi connectivity index (χ4n) is 4.10. The zero-order valence-corrected chi connectivity index (χ0v) is 13.4. The second kappa shape index (κ2) is 5.76. The quantitative estimate of drug-likeness (QED) is 0.881. The molecule has 0 amide bonds. The van der Waals surface area contributed by atoms with Gasteiger partial charge in [-0.3, -0.25) is 4.98 Å². The summed E-state index contributed by atoms with van der Waals surface area (Å²) < 4.78 is 0. The fraction of sp³-hybridized carbons (Fsp3) is 0.526. The standard InChI is InChI=1S/C19H26N2/c1-19(2)11-7-6-10-17(19)18(20-3)16-13-21-12-14-8-4-5-9-15(14)16/h4-5,8-9,12-13,17-18,20H,6-7,10-11H2,1-3H3. The lowest BCUT2D eigenvalue weighted by Crippen LogP contribution is -2.38. The molecule has 21 heavy (non-hydrogen) atoms. The molecule has 0 spiro atoms. The molecule has 1 fully saturated rings. The Morgan fingerprint density at radius 3 is 2.76 bits per heavy atom. The summed E-state index contributed by atoms with van der Waals surface area (Å²) in [5, 5.41) is 6.18. The Labute approximate surface area is 128 Å². The molecule has 2 atom stereocenters. The zero-order valence-electron chi connectivity index (χ0n) is 13.4. The molecule has 2 aromatic rings. The van der Waals surface area contributed by atoms with Crippen LogP contribution in [-0.2, 0) is 0 Å². The zero-order chi connectivity index (χ0) is 14.9. The number of benzene rings is 1. The molecular formula is C19H26N2. The number of hydrogen-bond donors (Lipinski definition) is 1. The molecule has 0 aliphatic heterocycles. The second-order valence-electron chi connectivity index (χ2n) is 7.06. The maximum absolute atomic E-state index is 4.48. The first-order chi connectivity index (χ1) is 10.1. The lowest BCUT2D eigenvalue weighted by Gasteiger charge is -2.43. The third-order valence-electron chi connectivity index (χ3n) is 5.34. The average molecular weight is 282 g/mol. The van der Waals surface area contributed by atoms with Gasteiger partial charge in [-0.2, -0.15) is 0 Å². The van der Waals surface area contributed by atoms with Crippen LogP contribution < -0.4 is 5.32 Å². The van der Waals surface area contributed by atoms with Gasteiger partial charge in [0, 0.05) is 23.8 Å². The largest absolute Gasteiger partial charge is 0.313 e. The van der Waals surface area contributed by atoms with Crippen LogP contribution in [0.15, 0.2) is 36.7 Å². The number of aromatic nitrogens is 1. The minimum Gasteiger partial charge on any atom is -0.313 e. The highest BCUT2D eigenvalue weighted by atomic mass is 14.9. The summed E-state index contributed by atoms with van der Waals surface area (Å²) >= 11 is 0. The molecule has 1 aromatic heterocycles. The smallest absolute Gasteiger partial charge is 0.0372 e. The van der Waals surface area contributed by atoms with Crippen molar-refractivity contribution in [3.63, 3.8) is 0 Å². The first-order valence-electron chi connectivity index (χ1n) is 8.13. The van der Waals surface area contributed by atoms with Crippen LogP contribution in [0.2, 0.25) is 0 Å². The van der Waals surface area contributed by atoms with E-state index in [9.17, 15) is 0 Å². The fourth-order valence-corrected chi connectivity index (χ4v) is 4.10. The number of nitrogens with one attached hydrogen (secondary N) is 1. The van der Waals surface area contributed by atoms with Crippen LogP contribution in [0, 0.1) is 11.3 Å². The van der Waals surface area contributed by atoms with E-state index >= 15 is 0 Å². The summed E-state index contributed by atoms with van der Waals surface area (Å²) in [5.74, 6) is 0.670. The Kier molecular flexibility index (Phi) is 3.99. The number of hydrogen-bond acceptors (Lipinski definition) is 2. The molecule has 0 radical (unpaired) electrons. The summed E-state index contributed by atoms with van der Waals surface area (Å²) in [6, 6.07) is 8.99. The SMILES string of the molecule is CNC(c1cncc2ccccc12)C1CCCCC1(C)C. The van der Waals surface area contributed by atoms with Gasteiger partial charge in [0.05, 0.1) is 0 Å². The molecule has 3 rings (SSSR count). The van der Waals surface area contributed by atoms with E-state index in [-0.39, 0.29) is 0 Å². The Morgan fingerprint density at radius 1 is 1.19 bits per heavy atom. The van der Waals surface area contributed by atoms with Crippen molar-refractivity contribution < 1.29 is 0 Å². The van der Waals surface area contributed by atoms with Gasteiger partial charge in [-0.25, -0.2) is 0 Å². The van der Waals surface area contributed by atoms with Crippen molar-refractivity contribution in [3.05, 3.63) is 42.2 Å². The predicted molar refractivity (Wildman–Crippen MR) is 89.3 cm³/mol. The monoisotopic (exact) mass is 282 g/mol. The third-order valence-corrected chi connectivity index (χ3v) is 5.34. The van der Waals surface area contributed by atoms with E-state index in [2.05, 4.69) is 61.7 Å². The molecule has 1 aliphatic carbocycles. The molecule has 2 unspecified atom stereocenters. The predicted octanol–water partition coefficient (Wildman–Crippen LogP) is 4.71. The van der Waals surface area contributed by atoms with Crippen molar-refractivity contribution in [2.45, 2.75) is 45.6 Å². The van der Waals surface area contributed by atoms with Crippen LogP contribution in [-0.4, -0.2) is 12.0 Å². The normalized spacial score (nSPS) is 23.1. The molecule has 1 heterocycles. The van der Waals surface area contributed by atoms with Gasteiger partial charge < -0.3 is 5.32 Å². The highest BCUT2D eigenvalue weighted by molar-refractivity contribution is 5.85. The van der Waals surface area contributed by atoms with Crippen molar-refractivity contribution in [2.75, 3.05) is 7.05 Å². The number of rotatable bonds is 3. The Hall–Kier alpha value is -1.41. The number of fused-ring (bicyclic) bond motifs is 1. The van der Waals surface area contributed by atoms with Crippen molar-refractivity contribution in [2.24, 2.45) is 11.3 Å². The van der Waals surface area contributed by atoms with E-state index in [0.29, 0.717) is 17.4 Å². The minimum absolute atomic E-state index is 0.388. The van der Waals surface area contributed by atoms with Crippen molar-refractivity contribution in [3.8, 4) is 0 Å². The summed E-state index contributed by atoms with van der Waals surface area (Å²) in [6.07, 6.45) is 9.39. The van der Waals surface area contributed by atoms with Crippen LogP contribution in [0.3, 0.4) is 0 Å². The average Bonchev–Trinajstić information content (AvgIpc) is 2.49. The minimum atomic E-state index is 0.388. The molecule has 0 saturated heterocycles. The Balaban J connectivity index is 2.06. The van der Waals surface area contributed by atoms with Gasteiger partial charge in [-0.15, -0.1) is 0 Å². The van der Waals surface area contributed by atoms with E-state index in [1.54, 1.807) is 0 Å². The highest BCUT2D eigenvalue weighted by Gasteiger charge is 2.38. The van der Waals surface area contributed by atoms with Crippen LogP contribution >= 0.6 is 0 Å². The van der Waals surface area contributed by atoms with E-state index in [1.807, 2.05) is 6.20 Å². The molecule has 0 bridgehead atoms. The van der Waals surface area contributed by atoms with Crippen molar-refractivity contribution >= 4 is 10.8 Å². The van der Waals surface area contributed by atoms with Gasteiger partial charge in [0.25, 0.3) is 0 Å². The van der Waals surface area contributed by atoms with Crippen molar-refractivity contribution in [1.29, 1.82) is 0 Å². The lowest BCUT2D eigenvalue weighted by atomic mass is 9.64. The molecule has 1 aromatic carbocycles. The first kappa shape index (κ1) is 14.5. The third kappa shape index (κ3) is 2.69. The van der Waals surface area contributed by atoms with Crippen molar-refractivity contribution in [1.82, 2.24) is 10.3 Å². The first-order valence-corrected chi connectivity index (χ1v) is 8.13. The van der Waals surface area contributed by atoms with Crippen LogP contribution in [0.1, 0.15) is 51.1 Å². The number of pyridine rings is 1. The summed E-state index contributed by atoms with van der Waals surface area (Å²) in [6.45, 7) is 4.86. The van der Waals surface area contributed by atoms with Crippen LogP contribution in [0.5, 0.6) is 0 Å². The molecule has 2 heteroatoms. The summed E-state index contributed by atoms with van der Waals surface area (Å²) in [7, 11) is 2.09. The van der Waals surface area contributed by atoms with E-state index in [1.165, 1.54) is 42.0 Å². The highest BCUT2D eigenvalue weighted by Crippen LogP contribution is 2.47. The molecule has 112 valence electrons.